The van der Waals surface area contributed by atoms with Crippen LogP contribution in [0.2, 0.25) is 0 Å². The number of ether oxygens (including phenoxy) is 1. The average Bonchev–Trinajstić information content (AvgIpc) is 2.45. The normalized spacial score (nSPS) is 10.9. The summed E-state index contributed by atoms with van der Waals surface area (Å²) in [6.45, 7) is 0.322. The summed E-state index contributed by atoms with van der Waals surface area (Å²) in [6.07, 6.45) is -4.37. The molecule has 0 aliphatic rings. The number of nitriles is 1. The van der Waals surface area contributed by atoms with Crippen LogP contribution in [0.15, 0.2) is 36.4 Å². The van der Waals surface area contributed by atoms with Crippen LogP contribution in [0.25, 0.3) is 0 Å². The number of rotatable bonds is 4. The van der Waals surface area contributed by atoms with Crippen LogP contribution in [-0.4, -0.2) is 17.8 Å². The number of hydrogen-bond acceptors (Lipinski definition) is 4. The Hall–Kier alpha value is -2.75. The minimum absolute atomic E-state index is 0.168. The van der Waals surface area contributed by atoms with E-state index in [1.807, 2.05) is 6.07 Å². The highest BCUT2D eigenvalue weighted by molar-refractivity contribution is 5.59. The smallest absolute Gasteiger partial charge is 0.422 e. The van der Waals surface area contributed by atoms with Crippen LogP contribution >= 0.6 is 0 Å². The van der Waals surface area contributed by atoms with Gasteiger partial charge < -0.3 is 10.1 Å². The molecule has 22 heavy (non-hydrogen) atoms. The molecule has 7 heteroatoms. The largest absolute Gasteiger partial charge is 0.484 e. The Morgan fingerprint density at radius 3 is 2.68 bits per heavy atom. The molecule has 1 N–H and O–H groups in total. The Morgan fingerprint density at radius 2 is 2.05 bits per heavy atom. The molecule has 0 atom stereocenters. The molecule has 0 unspecified atom stereocenters. The van der Waals surface area contributed by atoms with E-state index < -0.39 is 12.8 Å². The van der Waals surface area contributed by atoms with Gasteiger partial charge in [-0.2, -0.15) is 18.4 Å². The van der Waals surface area contributed by atoms with Crippen LogP contribution in [0.1, 0.15) is 11.3 Å². The summed E-state index contributed by atoms with van der Waals surface area (Å²) < 4.78 is 41.1. The van der Waals surface area contributed by atoms with Crippen molar-refractivity contribution in [1.29, 1.82) is 5.26 Å². The number of nitrogens with zero attached hydrogens (tertiary/aromatic N) is 2. The topological polar surface area (TPSA) is 57.9 Å². The fraction of sp³-hybridized carbons (Fsp3) is 0.200. The van der Waals surface area contributed by atoms with Crippen molar-refractivity contribution in [2.45, 2.75) is 13.1 Å². The van der Waals surface area contributed by atoms with Gasteiger partial charge in [-0.05, 0) is 42.8 Å². The first-order valence-corrected chi connectivity index (χ1v) is 6.32. The van der Waals surface area contributed by atoms with E-state index in [0.717, 1.165) is 0 Å². The van der Waals surface area contributed by atoms with Gasteiger partial charge in [-0.3, -0.25) is 0 Å². The molecular formula is C15H12F3N3O. The molecule has 0 fully saturated rings. The van der Waals surface area contributed by atoms with Crippen molar-refractivity contribution < 1.29 is 17.9 Å². The molecule has 0 aliphatic heterocycles. The summed E-state index contributed by atoms with van der Waals surface area (Å²) >= 11 is 0. The predicted molar refractivity (Wildman–Crippen MR) is 75.0 cm³/mol. The van der Waals surface area contributed by atoms with E-state index in [1.165, 1.54) is 6.07 Å². The van der Waals surface area contributed by atoms with Crippen LogP contribution in [0.4, 0.5) is 24.7 Å². The number of alkyl halides is 3. The molecule has 0 spiro atoms. The third-order valence-electron chi connectivity index (χ3n) is 2.70. The second-order valence-corrected chi connectivity index (χ2v) is 4.53. The minimum atomic E-state index is -4.37. The number of benzene rings is 1. The third kappa shape index (κ3) is 4.38. The Bertz CT molecular complexity index is 708. The molecule has 2 aromatic rings. The molecule has 0 amide bonds. The van der Waals surface area contributed by atoms with E-state index in [4.69, 9.17) is 10.00 Å². The Balaban J connectivity index is 2.10. The first kappa shape index (κ1) is 15.6. The van der Waals surface area contributed by atoms with Gasteiger partial charge in [-0.15, -0.1) is 0 Å². The van der Waals surface area contributed by atoms with Gasteiger partial charge in [0, 0.05) is 5.69 Å². The molecule has 1 aromatic carbocycles. The van der Waals surface area contributed by atoms with Crippen LogP contribution < -0.4 is 10.1 Å². The molecule has 1 heterocycles. The Kier molecular flexibility index (Phi) is 4.51. The van der Waals surface area contributed by atoms with Gasteiger partial charge in [0.05, 0.1) is 0 Å². The summed E-state index contributed by atoms with van der Waals surface area (Å²) in [6, 6.07) is 11.6. The van der Waals surface area contributed by atoms with E-state index in [0.29, 0.717) is 17.1 Å². The van der Waals surface area contributed by atoms with Crippen molar-refractivity contribution in [1.82, 2.24) is 4.98 Å². The van der Waals surface area contributed by atoms with Gasteiger partial charge >= 0.3 is 6.18 Å². The molecule has 2 rings (SSSR count). The zero-order valence-corrected chi connectivity index (χ0v) is 11.6. The maximum Gasteiger partial charge on any atom is 0.422 e. The van der Waals surface area contributed by atoms with Crippen molar-refractivity contribution in [2.75, 3.05) is 11.9 Å². The highest BCUT2D eigenvalue weighted by Crippen LogP contribution is 2.26. The van der Waals surface area contributed by atoms with Crippen LogP contribution in [0.3, 0.4) is 0 Å². The highest BCUT2D eigenvalue weighted by Gasteiger charge is 2.28. The van der Waals surface area contributed by atoms with Crippen molar-refractivity contribution in [3.8, 4) is 11.8 Å². The summed E-state index contributed by atoms with van der Waals surface area (Å²) in [4.78, 5) is 4.06. The lowest BCUT2D eigenvalue weighted by Gasteiger charge is -2.13. The first-order chi connectivity index (χ1) is 10.4. The van der Waals surface area contributed by atoms with E-state index in [2.05, 4.69) is 10.3 Å². The van der Waals surface area contributed by atoms with E-state index in [1.54, 1.807) is 37.3 Å². The fourth-order valence-electron chi connectivity index (χ4n) is 1.76. The number of pyridine rings is 1. The van der Waals surface area contributed by atoms with Crippen LogP contribution in [0, 0.1) is 18.3 Å². The van der Waals surface area contributed by atoms with Gasteiger partial charge in [-0.1, -0.05) is 6.07 Å². The van der Waals surface area contributed by atoms with Crippen molar-refractivity contribution >= 4 is 11.5 Å². The number of aryl methyl sites for hydroxylation is 1. The monoisotopic (exact) mass is 307 g/mol. The molecule has 0 aliphatic carbocycles. The summed E-state index contributed by atoms with van der Waals surface area (Å²) in [5.41, 5.74) is 1.47. The van der Waals surface area contributed by atoms with E-state index in [9.17, 15) is 13.2 Å². The molecule has 0 bridgehead atoms. The van der Waals surface area contributed by atoms with Crippen molar-refractivity contribution in [3.05, 3.63) is 47.7 Å². The lowest BCUT2D eigenvalue weighted by atomic mass is 10.2. The van der Waals surface area contributed by atoms with E-state index >= 15 is 0 Å². The van der Waals surface area contributed by atoms with Crippen molar-refractivity contribution in [3.63, 3.8) is 0 Å². The molecule has 0 saturated carbocycles. The second kappa shape index (κ2) is 6.35. The predicted octanol–water partition coefficient (Wildman–Crippen LogP) is 3.95. The van der Waals surface area contributed by atoms with Crippen LogP contribution in [0.5, 0.6) is 5.75 Å². The number of halogens is 3. The quantitative estimate of drug-likeness (QED) is 0.929. The second-order valence-electron chi connectivity index (χ2n) is 4.53. The molecule has 1 aromatic heterocycles. The number of nitrogens with one attached hydrogen (secondary N) is 1. The zero-order valence-electron chi connectivity index (χ0n) is 11.6. The van der Waals surface area contributed by atoms with Crippen molar-refractivity contribution in [2.24, 2.45) is 0 Å². The fourth-order valence-corrected chi connectivity index (χ4v) is 1.76. The Morgan fingerprint density at radius 1 is 1.27 bits per heavy atom. The van der Waals surface area contributed by atoms with Gasteiger partial charge in [0.15, 0.2) is 6.61 Å². The molecule has 0 saturated heterocycles. The van der Waals surface area contributed by atoms with Gasteiger partial charge in [0.2, 0.25) is 0 Å². The number of aromatic nitrogens is 1. The Labute approximate surface area is 125 Å². The number of anilines is 2. The average molecular weight is 307 g/mol. The lowest BCUT2D eigenvalue weighted by Crippen LogP contribution is -2.19. The highest BCUT2D eigenvalue weighted by atomic mass is 19.4. The molecule has 114 valence electrons. The van der Waals surface area contributed by atoms with Gasteiger partial charge in [0.25, 0.3) is 0 Å². The van der Waals surface area contributed by atoms with Gasteiger partial charge in [-0.25, -0.2) is 4.98 Å². The molecule has 0 radical (unpaired) electrons. The maximum atomic E-state index is 12.1. The first-order valence-electron chi connectivity index (χ1n) is 6.32. The zero-order chi connectivity index (χ0) is 16.2. The third-order valence-corrected chi connectivity index (χ3v) is 2.70. The van der Waals surface area contributed by atoms with E-state index in [-0.39, 0.29) is 11.4 Å². The SMILES string of the molecule is Cc1cc(Nc2cccc(C#N)n2)ccc1OCC(F)(F)F. The standard InChI is InChI=1S/C15H12F3N3O/c1-10-7-11(5-6-13(10)22-9-15(16,17)18)20-14-4-2-3-12(8-19)21-14/h2-7H,9H2,1H3,(H,20,21). The minimum Gasteiger partial charge on any atom is -0.484 e. The molecule has 4 nitrogen and oxygen atoms in total. The van der Waals surface area contributed by atoms with Gasteiger partial charge in [0.1, 0.15) is 23.3 Å². The molecular weight excluding hydrogens is 295 g/mol. The number of hydrogen-bond donors (Lipinski definition) is 1. The lowest BCUT2D eigenvalue weighted by molar-refractivity contribution is -0.153. The summed E-state index contributed by atoms with van der Waals surface area (Å²) in [7, 11) is 0. The summed E-state index contributed by atoms with van der Waals surface area (Å²) in [5, 5.41) is 11.8. The summed E-state index contributed by atoms with van der Waals surface area (Å²) in [5.74, 6) is 0.643. The maximum absolute atomic E-state index is 12.1. The van der Waals surface area contributed by atoms with Crippen LogP contribution in [-0.2, 0) is 0 Å².